The topological polar surface area (TPSA) is 23.6 Å². The van der Waals surface area contributed by atoms with E-state index in [9.17, 15) is 4.79 Å². The fraction of sp³-hybridized carbons (Fsp3) is 0.812. The summed E-state index contributed by atoms with van der Waals surface area (Å²) in [6.45, 7) is 9.42. The number of nitrogens with zero attached hydrogens (tertiary/aromatic N) is 2. The maximum Gasteiger partial charge on any atom is 0.236 e. The Morgan fingerprint density at radius 1 is 1.32 bits per heavy atom. The largest absolute Gasteiger partial charge is 0.341 e. The molecule has 1 saturated heterocycles. The van der Waals surface area contributed by atoms with Crippen LogP contribution in [0.15, 0.2) is 12.7 Å². The molecular weight excluding hydrogens is 236 g/mol. The molecule has 2 aliphatic rings. The molecule has 1 atom stereocenters. The van der Waals surface area contributed by atoms with Gasteiger partial charge in [0.1, 0.15) is 0 Å². The molecule has 1 amide bonds. The molecule has 0 aromatic heterocycles. The number of likely N-dealkylation sites (tertiary alicyclic amines) is 1. The van der Waals surface area contributed by atoms with Gasteiger partial charge in [0.05, 0.1) is 6.54 Å². The molecule has 0 aromatic carbocycles. The van der Waals surface area contributed by atoms with Crippen LogP contribution in [0.4, 0.5) is 0 Å². The molecule has 1 aliphatic heterocycles. The Hall–Kier alpha value is -0.830. The van der Waals surface area contributed by atoms with Gasteiger partial charge >= 0.3 is 0 Å². The third-order valence-electron chi connectivity index (χ3n) is 4.55. The monoisotopic (exact) mass is 264 g/mol. The Morgan fingerprint density at radius 2 is 2.05 bits per heavy atom. The molecule has 3 nitrogen and oxygen atoms in total. The minimum atomic E-state index is 0.320. The summed E-state index contributed by atoms with van der Waals surface area (Å²) in [4.78, 5) is 16.8. The first-order valence-corrected chi connectivity index (χ1v) is 7.83. The first kappa shape index (κ1) is 14.6. The van der Waals surface area contributed by atoms with E-state index in [1.807, 2.05) is 6.08 Å². The Kier molecular flexibility index (Phi) is 5.44. The molecule has 1 aliphatic carbocycles. The predicted octanol–water partition coefficient (Wildman–Crippen LogP) is 2.68. The van der Waals surface area contributed by atoms with E-state index in [4.69, 9.17) is 0 Å². The van der Waals surface area contributed by atoms with Crippen LogP contribution in [0.5, 0.6) is 0 Å². The lowest BCUT2D eigenvalue weighted by Crippen LogP contribution is -2.47. The van der Waals surface area contributed by atoms with Crippen LogP contribution >= 0.6 is 0 Å². The van der Waals surface area contributed by atoms with Gasteiger partial charge in [0.15, 0.2) is 0 Å². The summed E-state index contributed by atoms with van der Waals surface area (Å²) in [5, 5.41) is 0. The number of carbonyl (C=O) groups excluding carboxylic acids is 1. The van der Waals surface area contributed by atoms with Crippen LogP contribution < -0.4 is 0 Å². The molecule has 3 heteroatoms. The van der Waals surface area contributed by atoms with Crippen molar-refractivity contribution in [3.05, 3.63) is 12.7 Å². The third-order valence-corrected chi connectivity index (χ3v) is 4.55. The molecule has 0 bridgehead atoms. The Balaban J connectivity index is 1.88. The van der Waals surface area contributed by atoms with Gasteiger partial charge < -0.3 is 4.90 Å². The fourth-order valence-electron chi connectivity index (χ4n) is 3.47. The second kappa shape index (κ2) is 7.09. The zero-order valence-electron chi connectivity index (χ0n) is 12.3. The first-order valence-electron chi connectivity index (χ1n) is 7.83. The summed E-state index contributed by atoms with van der Waals surface area (Å²) in [5.74, 6) is 0.984. The van der Waals surface area contributed by atoms with E-state index in [0.717, 1.165) is 26.1 Å². The molecular formula is C16H28N2O. The van der Waals surface area contributed by atoms with Crippen LogP contribution in [0.25, 0.3) is 0 Å². The quantitative estimate of drug-likeness (QED) is 0.713. The lowest BCUT2D eigenvalue weighted by atomic mass is 10.0. The molecule has 0 aromatic rings. The summed E-state index contributed by atoms with van der Waals surface area (Å²) in [6.07, 6.45) is 9.49. The molecule has 1 heterocycles. The van der Waals surface area contributed by atoms with Crippen LogP contribution in [0.2, 0.25) is 0 Å². The average molecular weight is 264 g/mol. The summed E-state index contributed by atoms with van der Waals surface area (Å²) < 4.78 is 0. The highest BCUT2D eigenvalue weighted by Crippen LogP contribution is 2.24. The van der Waals surface area contributed by atoms with Crippen molar-refractivity contribution in [3.8, 4) is 0 Å². The highest BCUT2D eigenvalue weighted by atomic mass is 16.2. The van der Waals surface area contributed by atoms with Crippen molar-refractivity contribution in [3.63, 3.8) is 0 Å². The van der Waals surface area contributed by atoms with Crippen LogP contribution in [-0.4, -0.2) is 47.9 Å². The van der Waals surface area contributed by atoms with Crippen molar-refractivity contribution in [2.24, 2.45) is 5.92 Å². The third kappa shape index (κ3) is 4.07. The Bertz CT molecular complexity index is 310. The molecule has 1 saturated carbocycles. The highest BCUT2D eigenvalue weighted by Gasteiger charge is 2.27. The summed E-state index contributed by atoms with van der Waals surface area (Å²) in [6, 6.07) is 0.601. The molecule has 2 rings (SSSR count). The van der Waals surface area contributed by atoms with E-state index in [1.165, 1.54) is 32.1 Å². The molecule has 2 fully saturated rings. The highest BCUT2D eigenvalue weighted by molar-refractivity contribution is 5.78. The minimum Gasteiger partial charge on any atom is -0.341 e. The zero-order chi connectivity index (χ0) is 13.7. The summed E-state index contributed by atoms with van der Waals surface area (Å²) in [7, 11) is 0. The summed E-state index contributed by atoms with van der Waals surface area (Å²) >= 11 is 0. The Morgan fingerprint density at radius 3 is 2.68 bits per heavy atom. The van der Waals surface area contributed by atoms with Gasteiger partial charge in [0, 0.05) is 25.7 Å². The number of piperidine rings is 1. The molecule has 0 radical (unpaired) electrons. The van der Waals surface area contributed by atoms with Gasteiger partial charge in [-0.15, -0.1) is 6.58 Å². The van der Waals surface area contributed by atoms with Crippen molar-refractivity contribution in [1.29, 1.82) is 0 Å². The van der Waals surface area contributed by atoms with Gasteiger partial charge in [-0.3, -0.25) is 9.69 Å². The van der Waals surface area contributed by atoms with E-state index in [0.29, 0.717) is 24.4 Å². The van der Waals surface area contributed by atoms with Crippen molar-refractivity contribution in [2.75, 3.05) is 26.2 Å². The zero-order valence-corrected chi connectivity index (χ0v) is 12.3. The van der Waals surface area contributed by atoms with E-state index in [1.54, 1.807) is 0 Å². The number of carbonyl (C=O) groups is 1. The standard InChI is InChI=1S/C16H28N2O/c1-3-10-17(15-8-4-5-9-15)13-16(19)18-11-6-7-14(2)12-18/h3,14-15H,1,4-13H2,2H3/t14-/m1/s1. The van der Waals surface area contributed by atoms with Crippen molar-refractivity contribution in [1.82, 2.24) is 9.80 Å². The van der Waals surface area contributed by atoms with Crippen molar-refractivity contribution in [2.45, 2.75) is 51.5 Å². The SMILES string of the molecule is C=CCN(CC(=O)N1CCC[C@@H](C)C1)C1CCCC1. The van der Waals surface area contributed by atoms with Gasteiger partial charge in [0.25, 0.3) is 0 Å². The number of amides is 1. The summed E-state index contributed by atoms with van der Waals surface area (Å²) in [5.41, 5.74) is 0. The normalized spacial score (nSPS) is 24.9. The second-order valence-electron chi connectivity index (χ2n) is 6.24. The molecule has 19 heavy (non-hydrogen) atoms. The average Bonchev–Trinajstić information content (AvgIpc) is 2.92. The van der Waals surface area contributed by atoms with Gasteiger partial charge in [-0.2, -0.15) is 0 Å². The fourth-order valence-corrected chi connectivity index (χ4v) is 3.47. The molecule has 0 spiro atoms. The van der Waals surface area contributed by atoms with Gasteiger partial charge in [0.2, 0.25) is 5.91 Å². The lowest BCUT2D eigenvalue weighted by Gasteiger charge is -2.34. The van der Waals surface area contributed by atoms with Crippen molar-refractivity contribution < 1.29 is 4.79 Å². The first-order chi connectivity index (χ1) is 9.20. The van der Waals surface area contributed by atoms with E-state index in [-0.39, 0.29) is 0 Å². The lowest BCUT2D eigenvalue weighted by molar-refractivity contribution is -0.134. The van der Waals surface area contributed by atoms with E-state index in [2.05, 4.69) is 23.3 Å². The number of rotatable bonds is 5. The van der Waals surface area contributed by atoms with E-state index >= 15 is 0 Å². The minimum absolute atomic E-state index is 0.320. The van der Waals surface area contributed by atoms with Crippen LogP contribution in [0.1, 0.15) is 45.4 Å². The van der Waals surface area contributed by atoms with E-state index < -0.39 is 0 Å². The smallest absolute Gasteiger partial charge is 0.236 e. The maximum absolute atomic E-state index is 12.4. The van der Waals surface area contributed by atoms with Gasteiger partial charge in [-0.05, 0) is 31.6 Å². The number of hydrogen-bond acceptors (Lipinski definition) is 2. The Labute approximate surface area is 117 Å². The predicted molar refractivity (Wildman–Crippen MR) is 79.0 cm³/mol. The van der Waals surface area contributed by atoms with Crippen molar-refractivity contribution >= 4 is 5.91 Å². The van der Waals surface area contributed by atoms with Crippen LogP contribution in [0.3, 0.4) is 0 Å². The molecule has 108 valence electrons. The van der Waals surface area contributed by atoms with Crippen LogP contribution in [0, 0.1) is 5.92 Å². The number of hydrogen-bond donors (Lipinski definition) is 0. The molecule has 0 unspecified atom stereocenters. The van der Waals surface area contributed by atoms with Gasteiger partial charge in [-0.25, -0.2) is 0 Å². The maximum atomic E-state index is 12.4. The van der Waals surface area contributed by atoms with Crippen LogP contribution in [-0.2, 0) is 4.79 Å². The van der Waals surface area contributed by atoms with Gasteiger partial charge in [-0.1, -0.05) is 25.8 Å². The molecule has 0 N–H and O–H groups in total. The second-order valence-corrected chi connectivity index (χ2v) is 6.24.